The lowest BCUT2D eigenvalue weighted by molar-refractivity contribution is 0.248. The molecule has 0 saturated carbocycles. The average Bonchev–Trinajstić information content (AvgIpc) is 2.43. The van der Waals surface area contributed by atoms with Gasteiger partial charge in [-0.1, -0.05) is 0 Å². The van der Waals surface area contributed by atoms with Crippen molar-refractivity contribution in [3.8, 4) is 0 Å². The Kier molecular flexibility index (Phi) is 4.06. The quantitative estimate of drug-likeness (QED) is 0.575. The van der Waals surface area contributed by atoms with Crippen molar-refractivity contribution in [3.63, 3.8) is 0 Å². The van der Waals surface area contributed by atoms with Crippen molar-refractivity contribution in [3.05, 3.63) is 17.5 Å². The second-order valence-electron chi connectivity index (χ2n) is 4.39. The maximum Gasteiger partial charge on any atom is 0.0920 e. The van der Waals surface area contributed by atoms with Crippen LogP contribution in [0, 0.1) is 12.3 Å². The van der Waals surface area contributed by atoms with Crippen molar-refractivity contribution in [2.75, 3.05) is 7.05 Å². The smallest absolute Gasteiger partial charge is 0.0920 e. The van der Waals surface area contributed by atoms with Crippen molar-refractivity contribution < 1.29 is 0 Å². The molecule has 0 aliphatic heterocycles. The maximum absolute atomic E-state index is 7.28. The number of aromatic nitrogens is 2. The minimum Gasteiger partial charge on any atom is -0.388 e. The van der Waals surface area contributed by atoms with Gasteiger partial charge in [-0.15, -0.1) is 0 Å². The van der Waals surface area contributed by atoms with Gasteiger partial charge in [-0.25, -0.2) is 0 Å². The van der Waals surface area contributed by atoms with E-state index >= 15 is 0 Å². The van der Waals surface area contributed by atoms with Gasteiger partial charge in [0.15, 0.2) is 0 Å². The van der Waals surface area contributed by atoms with E-state index in [0.717, 1.165) is 12.2 Å². The normalized spacial score (nSPS) is 13.1. The number of hydrogen-bond acceptors (Lipinski definition) is 3. The molecule has 5 heteroatoms. The van der Waals surface area contributed by atoms with Gasteiger partial charge in [0.2, 0.25) is 0 Å². The van der Waals surface area contributed by atoms with E-state index in [2.05, 4.69) is 23.0 Å². The van der Waals surface area contributed by atoms with Crippen LogP contribution in [0.15, 0.2) is 6.07 Å². The molecule has 0 aromatic carbocycles. The summed E-state index contributed by atoms with van der Waals surface area (Å²) in [6, 6.07) is 2.35. The largest absolute Gasteiger partial charge is 0.388 e. The first-order valence-corrected chi connectivity index (χ1v) is 5.42. The highest BCUT2D eigenvalue weighted by molar-refractivity contribution is 5.77. The summed E-state index contributed by atoms with van der Waals surface area (Å²) in [5.41, 5.74) is 7.61. The van der Waals surface area contributed by atoms with E-state index in [0.29, 0.717) is 6.42 Å². The highest BCUT2D eigenvalue weighted by atomic mass is 15.3. The zero-order valence-corrected chi connectivity index (χ0v) is 10.5. The molecule has 0 saturated heterocycles. The summed E-state index contributed by atoms with van der Waals surface area (Å²) in [6.07, 6.45) is 0.604. The van der Waals surface area contributed by atoms with Crippen molar-refractivity contribution in [2.45, 2.75) is 32.9 Å². The van der Waals surface area contributed by atoms with E-state index in [1.807, 2.05) is 25.7 Å². The fraction of sp³-hybridized carbons (Fsp3) is 0.636. The van der Waals surface area contributed by atoms with Crippen LogP contribution in [0.2, 0.25) is 0 Å². The molecule has 0 aliphatic carbocycles. The Morgan fingerprint density at radius 3 is 2.75 bits per heavy atom. The first kappa shape index (κ1) is 12.7. The zero-order valence-electron chi connectivity index (χ0n) is 10.5. The number of amidine groups is 1. The second-order valence-corrected chi connectivity index (χ2v) is 4.39. The molecule has 0 bridgehead atoms. The molecule has 1 heterocycles. The third kappa shape index (κ3) is 3.34. The Balaban J connectivity index is 2.60. The van der Waals surface area contributed by atoms with Gasteiger partial charge in [-0.05, 0) is 27.0 Å². The SMILES string of the molecule is Cc1cc(CN(C)C(C)CC(=N)N)n(C)n1. The average molecular weight is 223 g/mol. The Morgan fingerprint density at radius 1 is 1.69 bits per heavy atom. The Bertz CT molecular complexity index is 368. The molecule has 0 radical (unpaired) electrons. The van der Waals surface area contributed by atoms with Crippen LogP contribution < -0.4 is 5.73 Å². The van der Waals surface area contributed by atoms with Gasteiger partial charge in [-0.3, -0.25) is 15.0 Å². The number of rotatable bonds is 5. The third-order valence-corrected chi connectivity index (χ3v) is 2.78. The van der Waals surface area contributed by atoms with Crippen molar-refractivity contribution >= 4 is 5.84 Å². The molecule has 1 aromatic rings. The lowest BCUT2D eigenvalue weighted by Crippen LogP contribution is -2.33. The number of nitrogens with zero attached hydrogens (tertiary/aromatic N) is 3. The predicted molar refractivity (Wildman–Crippen MR) is 65.4 cm³/mol. The van der Waals surface area contributed by atoms with Crippen molar-refractivity contribution in [2.24, 2.45) is 12.8 Å². The molecule has 16 heavy (non-hydrogen) atoms. The summed E-state index contributed by atoms with van der Waals surface area (Å²) in [5, 5.41) is 11.6. The molecular formula is C11H21N5. The second kappa shape index (κ2) is 5.12. The zero-order chi connectivity index (χ0) is 12.3. The Morgan fingerprint density at radius 2 is 2.31 bits per heavy atom. The predicted octanol–water partition coefficient (Wildman–Crippen LogP) is 0.875. The van der Waals surface area contributed by atoms with Gasteiger partial charge in [0.25, 0.3) is 0 Å². The first-order chi connectivity index (χ1) is 7.40. The van der Waals surface area contributed by atoms with Crippen molar-refractivity contribution in [1.82, 2.24) is 14.7 Å². The first-order valence-electron chi connectivity index (χ1n) is 5.42. The molecular weight excluding hydrogens is 202 g/mol. The molecule has 1 unspecified atom stereocenters. The summed E-state index contributed by atoms with van der Waals surface area (Å²) >= 11 is 0. The van der Waals surface area contributed by atoms with Crippen LogP contribution in [-0.4, -0.2) is 33.6 Å². The van der Waals surface area contributed by atoms with E-state index in [-0.39, 0.29) is 11.9 Å². The van der Waals surface area contributed by atoms with Gasteiger partial charge < -0.3 is 5.73 Å². The lowest BCUT2D eigenvalue weighted by Gasteiger charge is -2.24. The molecule has 0 aliphatic rings. The van der Waals surface area contributed by atoms with Crippen LogP contribution in [0.1, 0.15) is 24.7 Å². The summed E-state index contributed by atoms with van der Waals surface area (Å²) in [5.74, 6) is 0.237. The third-order valence-electron chi connectivity index (χ3n) is 2.78. The fourth-order valence-electron chi connectivity index (χ4n) is 1.70. The number of nitrogens with one attached hydrogen (secondary N) is 1. The fourth-order valence-corrected chi connectivity index (χ4v) is 1.70. The summed E-state index contributed by atoms with van der Waals surface area (Å²) in [4.78, 5) is 2.18. The molecule has 0 spiro atoms. The highest BCUT2D eigenvalue weighted by Gasteiger charge is 2.12. The molecule has 3 N–H and O–H groups in total. The molecule has 90 valence electrons. The van der Waals surface area contributed by atoms with Crippen LogP contribution in [0.5, 0.6) is 0 Å². The molecule has 1 rings (SSSR count). The molecule has 0 fully saturated rings. The summed E-state index contributed by atoms with van der Waals surface area (Å²) in [6.45, 7) is 4.89. The van der Waals surface area contributed by atoms with E-state index in [9.17, 15) is 0 Å². The van der Waals surface area contributed by atoms with E-state index in [1.165, 1.54) is 5.69 Å². The minimum absolute atomic E-state index is 0.237. The Labute approximate surface area is 96.7 Å². The maximum atomic E-state index is 7.28. The van der Waals surface area contributed by atoms with Crippen LogP contribution in [0.3, 0.4) is 0 Å². The standard InChI is InChI=1S/C11H21N5/c1-8-5-10(16(4)14-8)7-15(3)9(2)6-11(12)13/h5,9H,6-7H2,1-4H3,(H3,12,13). The number of aryl methyl sites for hydroxylation is 2. The highest BCUT2D eigenvalue weighted by Crippen LogP contribution is 2.09. The van der Waals surface area contributed by atoms with Crippen molar-refractivity contribution in [1.29, 1.82) is 5.41 Å². The van der Waals surface area contributed by atoms with Gasteiger partial charge in [-0.2, -0.15) is 5.10 Å². The van der Waals surface area contributed by atoms with E-state index in [4.69, 9.17) is 11.1 Å². The summed E-state index contributed by atoms with van der Waals surface area (Å²) < 4.78 is 1.90. The molecule has 1 aromatic heterocycles. The van der Waals surface area contributed by atoms with Crippen LogP contribution in [0.4, 0.5) is 0 Å². The lowest BCUT2D eigenvalue weighted by atomic mass is 10.2. The molecule has 1 atom stereocenters. The molecule has 5 nitrogen and oxygen atoms in total. The van der Waals surface area contributed by atoms with Gasteiger partial charge in [0.05, 0.1) is 17.2 Å². The van der Waals surface area contributed by atoms with Gasteiger partial charge >= 0.3 is 0 Å². The monoisotopic (exact) mass is 223 g/mol. The van der Waals surface area contributed by atoms with Crippen LogP contribution in [-0.2, 0) is 13.6 Å². The number of hydrogen-bond donors (Lipinski definition) is 2. The van der Waals surface area contributed by atoms with Crippen LogP contribution >= 0.6 is 0 Å². The van der Waals surface area contributed by atoms with E-state index < -0.39 is 0 Å². The minimum atomic E-state index is 0.237. The summed E-state index contributed by atoms with van der Waals surface area (Å²) in [7, 11) is 3.99. The molecule has 0 amide bonds. The van der Waals surface area contributed by atoms with Crippen LogP contribution in [0.25, 0.3) is 0 Å². The van der Waals surface area contributed by atoms with Gasteiger partial charge in [0, 0.05) is 26.1 Å². The topological polar surface area (TPSA) is 70.9 Å². The number of nitrogens with two attached hydrogens (primary N) is 1. The van der Waals surface area contributed by atoms with E-state index in [1.54, 1.807) is 0 Å². The Hall–Kier alpha value is -1.36. The van der Waals surface area contributed by atoms with Gasteiger partial charge in [0.1, 0.15) is 0 Å².